The summed E-state index contributed by atoms with van der Waals surface area (Å²) in [7, 11) is 2.04. The Kier molecular flexibility index (Phi) is 5.32. The summed E-state index contributed by atoms with van der Waals surface area (Å²) in [5.74, 6) is 1.91. The number of carbonyl (C=O) groups is 1. The van der Waals surface area contributed by atoms with Crippen LogP contribution in [0.2, 0.25) is 0 Å². The lowest BCUT2D eigenvalue weighted by molar-refractivity contribution is -0.137. The Bertz CT molecular complexity index is 665. The molecule has 0 radical (unpaired) electrons. The summed E-state index contributed by atoms with van der Waals surface area (Å²) in [5, 5.41) is 0. The Labute approximate surface area is 141 Å². The third-order valence-corrected chi connectivity index (χ3v) is 4.07. The lowest BCUT2D eigenvalue weighted by Crippen LogP contribution is -2.40. The molecule has 0 bridgehead atoms. The van der Waals surface area contributed by atoms with Gasteiger partial charge in [0.1, 0.15) is 18.2 Å². The quantitative estimate of drug-likeness (QED) is 0.769. The Morgan fingerprint density at radius 1 is 1.42 bits per heavy atom. The molecule has 0 saturated heterocycles. The van der Waals surface area contributed by atoms with E-state index in [0.717, 1.165) is 36.9 Å². The fraction of sp³-hybridized carbons (Fsp3) is 0.529. The Morgan fingerprint density at radius 2 is 2.29 bits per heavy atom. The molecule has 24 heavy (non-hydrogen) atoms. The van der Waals surface area contributed by atoms with E-state index in [1.54, 1.807) is 6.26 Å². The average Bonchev–Trinajstić information content (AvgIpc) is 3.20. The van der Waals surface area contributed by atoms with Gasteiger partial charge in [-0.3, -0.25) is 9.69 Å². The fourth-order valence-electron chi connectivity index (χ4n) is 2.88. The van der Waals surface area contributed by atoms with Gasteiger partial charge in [-0.1, -0.05) is 0 Å². The number of hydrogen-bond donors (Lipinski definition) is 0. The number of carbonyl (C=O) groups excluding carboxylic acids is 1. The van der Waals surface area contributed by atoms with E-state index < -0.39 is 0 Å². The summed E-state index contributed by atoms with van der Waals surface area (Å²) in [5.41, 5.74) is 1.01. The molecule has 0 atom stereocenters. The minimum Gasteiger partial charge on any atom is -0.468 e. The molecule has 3 rings (SSSR count). The van der Waals surface area contributed by atoms with Crippen LogP contribution >= 0.6 is 0 Å². The molecule has 0 unspecified atom stereocenters. The summed E-state index contributed by atoms with van der Waals surface area (Å²) in [6.07, 6.45) is 3.77. The van der Waals surface area contributed by atoms with Crippen LogP contribution in [0.25, 0.3) is 0 Å². The van der Waals surface area contributed by atoms with Crippen LogP contribution in [0.1, 0.15) is 24.2 Å². The molecule has 130 valence electrons. The van der Waals surface area contributed by atoms with Crippen LogP contribution in [0, 0.1) is 0 Å². The third-order valence-electron chi connectivity index (χ3n) is 4.07. The highest BCUT2D eigenvalue weighted by molar-refractivity contribution is 5.77. The van der Waals surface area contributed by atoms with Crippen molar-refractivity contribution < 1.29 is 13.9 Å². The van der Waals surface area contributed by atoms with Crippen molar-refractivity contribution in [2.24, 2.45) is 0 Å². The number of hydrogen-bond acceptors (Lipinski definition) is 5. The van der Waals surface area contributed by atoms with Crippen LogP contribution in [0.15, 0.2) is 29.0 Å². The maximum absolute atomic E-state index is 12.1. The van der Waals surface area contributed by atoms with Gasteiger partial charge in [-0.25, -0.2) is 4.98 Å². The van der Waals surface area contributed by atoms with Crippen molar-refractivity contribution >= 4 is 5.91 Å². The van der Waals surface area contributed by atoms with Crippen molar-refractivity contribution in [3.63, 3.8) is 0 Å². The highest BCUT2D eigenvalue weighted by Crippen LogP contribution is 2.15. The van der Waals surface area contributed by atoms with Crippen LogP contribution in [0.5, 0.6) is 0 Å². The van der Waals surface area contributed by atoms with Crippen molar-refractivity contribution in [3.05, 3.63) is 41.9 Å². The minimum absolute atomic E-state index is 0.0302. The number of aromatic nitrogens is 2. The van der Waals surface area contributed by atoms with Gasteiger partial charge >= 0.3 is 0 Å². The van der Waals surface area contributed by atoms with Gasteiger partial charge in [0.2, 0.25) is 5.91 Å². The van der Waals surface area contributed by atoms with E-state index in [1.807, 2.05) is 31.0 Å². The highest BCUT2D eigenvalue weighted by Gasteiger charge is 2.22. The molecule has 1 amide bonds. The van der Waals surface area contributed by atoms with Gasteiger partial charge in [-0.2, -0.15) is 0 Å². The Balaban J connectivity index is 1.57. The first-order chi connectivity index (χ1) is 11.7. The molecule has 7 nitrogen and oxygen atoms in total. The molecule has 7 heteroatoms. The Morgan fingerprint density at radius 3 is 3.04 bits per heavy atom. The smallest absolute Gasteiger partial charge is 0.249 e. The molecule has 1 aliphatic rings. The standard InChI is InChI=1S/C17H24N4O3/c1-3-23-13-17(22)21-7-6-20-10-14(18-16(20)12-21)9-19(2)11-15-5-4-8-24-15/h4-5,8,10H,3,6-7,9,11-13H2,1-2H3. The van der Waals surface area contributed by atoms with Gasteiger partial charge in [0.25, 0.3) is 0 Å². The number of amides is 1. The first-order valence-electron chi connectivity index (χ1n) is 8.27. The van der Waals surface area contributed by atoms with Crippen LogP contribution in [0.3, 0.4) is 0 Å². The predicted octanol–water partition coefficient (Wildman–Crippen LogP) is 1.49. The van der Waals surface area contributed by atoms with Crippen LogP contribution in [-0.2, 0) is 35.7 Å². The molecule has 2 aromatic heterocycles. The lowest BCUT2D eigenvalue weighted by atomic mass is 10.3. The van der Waals surface area contributed by atoms with Gasteiger partial charge < -0.3 is 18.6 Å². The first kappa shape index (κ1) is 16.7. The first-order valence-corrected chi connectivity index (χ1v) is 8.27. The second kappa shape index (κ2) is 7.63. The topological polar surface area (TPSA) is 63.7 Å². The molecule has 0 spiro atoms. The molecule has 0 N–H and O–H groups in total. The Hall–Kier alpha value is -2.12. The molecule has 0 fully saturated rings. The van der Waals surface area contributed by atoms with Crippen molar-refractivity contribution in [1.29, 1.82) is 0 Å². The fourth-order valence-corrected chi connectivity index (χ4v) is 2.88. The number of furan rings is 1. The van der Waals surface area contributed by atoms with Crippen molar-refractivity contribution in [3.8, 4) is 0 Å². The highest BCUT2D eigenvalue weighted by atomic mass is 16.5. The van der Waals surface area contributed by atoms with Crippen molar-refractivity contribution in [2.45, 2.75) is 33.1 Å². The summed E-state index contributed by atoms with van der Waals surface area (Å²) >= 11 is 0. The zero-order valence-electron chi connectivity index (χ0n) is 14.3. The van der Waals surface area contributed by atoms with Crippen LogP contribution < -0.4 is 0 Å². The van der Waals surface area contributed by atoms with E-state index in [-0.39, 0.29) is 12.5 Å². The number of fused-ring (bicyclic) bond motifs is 1. The van der Waals surface area contributed by atoms with Crippen molar-refractivity contribution in [2.75, 3.05) is 26.8 Å². The van der Waals surface area contributed by atoms with Gasteiger partial charge in [-0.05, 0) is 26.1 Å². The van der Waals surface area contributed by atoms with E-state index >= 15 is 0 Å². The number of nitrogens with zero attached hydrogens (tertiary/aromatic N) is 4. The molecule has 1 aliphatic heterocycles. The summed E-state index contributed by atoms with van der Waals surface area (Å²) in [6, 6.07) is 3.86. The molecule has 0 saturated carbocycles. The zero-order valence-corrected chi connectivity index (χ0v) is 14.3. The molecule has 3 heterocycles. The monoisotopic (exact) mass is 332 g/mol. The van der Waals surface area contributed by atoms with Crippen molar-refractivity contribution in [1.82, 2.24) is 19.4 Å². The minimum atomic E-state index is 0.0302. The zero-order chi connectivity index (χ0) is 16.9. The molecule has 0 aromatic carbocycles. The number of rotatable bonds is 7. The maximum Gasteiger partial charge on any atom is 0.249 e. The molecule has 0 aliphatic carbocycles. The SMILES string of the molecule is CCOCC(=O)N1CCn2cc(CN(C)Cc3ccco3)nc2C1. The summed E-state index contributed by atoms with van der Waals surface area (Å²) in [4.78, 5) is 20.7. The second-order valence-corrected chi connectivity index (χ2v) is 6.05. The second-order valence-electron chi connectivity index (χ2n) is 6.05. The largest absolute Gasteiger partial charge is 0.468 e. The molecular weight excluding hydrogens is 308 g/mol. The third kappa shape index (κ3) is 4.04. The predicted molar refractivity (Wildman–Crippen MR) is 88.0 cm³/mol. The van der Waals surface area contributed by atoms with E-state index in [0.29, 0.717) is 19.7 Å². The van der Waals surface area contributed by atoms with Gasteiger partial charge in [0.15, 0.2) is 0 Å². The van der Waals surface area contributed by atoms with E-state index in [1.165, 1.54) is 0 Å². The normalized spacial score (nSPS) is 14.2. The van der Waals surface area contributed by atoms with Gasteiger partial charge in [-0.15, -0.1) is 0 Å². The number of imidazole rings is 1. The lowest BCUT2D eigenvalue weighted by Gasteiger charge is -2.27. The van der Waals surface area contributed by atoms with Crippen LogP contribution in [0.4, 0.5) is 0 Å². The van der Waals surface area contributed by atoms with Gasteiger partial charge in [0, 0.05) is 32.4 Å². The van der Waals surface area contributed by atoms with Crippen LogP contribution in [-0.4, -0.2) is 52.1 Å². The molecule has 2 aromatic rings. The maximum atomic E-state index is 12.1. The van der Waals surface area contributed by atoms with E-state index in [2.05, 4.69) is 20.6 Å². The molecular formula is C17H24N4O3. The van der Waals surface area contributed by atoms with E-state index in [4.69, 9.17) is 9.15 Å². The average molecular weight is 332 g/mol. The van der Waals surface area contributed by atoms with E-state index in [9.17, 15) is 4.79 Å². The summed E-state index contributed by atoms with van der Waals surface area (Å²) in [6.45, 7) is 6.12. The summed E-state index contributed by atoms with van der Waals surface area (Å²) < 4.78 is 12.7. The number of ether oxygens (including phenoxy) is 1. The van der Waals surface area contributed by atoms with Gasteiger partial charge in [0.05, 0.1) is 25.0 Å².